The fourth-order valence-corrected chi connectivity index (χ4v) is 3.99. The number of hydrogen-bond acceptors (Lipinski definition) is 7. The summed E-state index contributed by atoms with van der Waals surface area (Å²) < 4.78 is 10.7. The second-order valence-corrected chi connectivity index (χ2v) is 7.37. The Hall–Kier alpha value is -3.39. The highest BCUT2D eigenvalue weighted by Gasteiger charge is 2.46. The zero-order valence-electron chi connectivity index (χ0n) is 17.6. The maximum absolute atomic E-state index is 13.0. The van der Waals surface area contributed by atoms with Gasteiger partial charge in [0, 0.05) is 31.0 Å². The third kappa shape index (κ3) is 3.86. The van der Waals surface area contributed by atoms with E-state index >= 15 is 0 Å². The van der Waals surface area contributed by atoms with Gasteiger partial charge in [0.25, 0.3) is 11.7 Å². The highest BCUT2D eigenvalue weighted by atomic mass is 16.7. The Balaban J connectivity index is 1.77. The molecule has 0 aliphatic carbocycles. The van der Waals surface area contributed by atoms with Crippen LogP contribution in [0.3, 0.4) is 0 Å². The molecule has 162 valence electrons. The summed E-state index contributed by atoms with van der Waals surface area (Å²) in [5, 5.41) is 11.1. The summed E-state index contributed by atoms with van der Waals surface area (Å²) in [5.74, 6) is -0.487. The smallest absolute Gasteiger partial charge is 0.295 e. The van der Waals surface area contributed by atoms with Gasteiger partial charge < -0.3 is 24.4 Å². The lowest BCUT2D eigenvalue weighted by molar-refractivity contribution is -0.140. The summed E-state index contributed by atoms with van der Waals surface area (Å²) in [5.41, 5.74) is 1.18. The first kappa shape index (κ1) is 20.9. The van der Waals surface area contributed by atoms with Gasteiger partial charge in [0.2, 0.25) is 6.79 Å². The van der Waals surface area contributed by atoms with Crippen LogP contribution in [0.15, 0.2) is 48.3 Å². The van der Waals surface area contributed by atoms with Crippen molar-refractivity contribution in [1.82, 2.24) is 14.8 Å². The Morgan fingerprint density at radius 3 is 2.55 bits per heavy atom. The number of aliphatic hydroxyl groups is 1. The van der Waals surface area contributed by atoms with E-state index in [9.17, 15) is 14.7 Å². The monoisotopic (exact) mass is 423 g/mol. The van der Waals surface area contributed by atoms with Gasteiger partial charge in [-0.3, -0.25) is 14.6 Å². The van der Waals surface area contributed by atoms with Crippen LogP contribution in [0, 0.1) is 0 Å². The Bertz CT molecular complexity index is 1020. The second kappa shape index (κ2) is 8.77. The quantitative estimate of drug-likeness (QED) is 0.416. The maximum atomic E-state index is 13.0. The van der Waals surface area contributed by atoms with E-state index in [-0.39, 0.29) is 18.1 Å². The van der Waals surface area contributed by atoms with Gasteiger partial charge >= 0.3 is 0 Å². The van der Waals surface area contributed by atoms with E-state index in [1.165, 1.54) is 4.90 Å². The van der Waals surface area contributed by atoms with Crippen molar-refractivity contribution in [3.05, 3.63) is 59.4 Å². The van der Waals surface area contributed by atoms with Crippen molar-refractivity contribution in [2.45, 2.75) is 19.9 Å². The number of rotatable bonds is 7. The van der Waals surface area contributed by atoms with E-state index in [2.05, 4.69) is 23.7 Å². The molecule has 31 heavy (non-hydrogen) atoms. The van der Waals surface area contributed by atoms with Crippen LogP contribution in [0.4, 0.5) is 0 Å². The van der Waals surface area contributed by atoms with Crippen LogP contribution in [0.25, 0.3) is 5.76 Å². The normalized spacial score (nSPS) is 19.5. The number of benzene rings is 1. The lowest BCUT2D eigenvalue weighted by Gasteiger charge is -2.28. The Morgan fingerprint density at radius 1 is 1.13 bits per heavy atom. The zero-order valence-corrected chi connectivity index (χ0v) is 17.6. The molecule has 1 fully saturated rings. The van der Waals surface area contributed by atoms with Crippen molar-refractivity contribution in [2.75, 3.05) is 33.0 Å². The highest BCUT2D eigenvalue weighted by Crippen LogP contribution is 2.41. The fourth-order valence-electron chi connectivity index (χ4n) is 3.99. The number of pyridine rings is 1. The van der Waals surface area contributed by atoms with Crippen molar-refractivity contribution in [1.29, 1.82) is 0 Å². The predicted octanol–water partition coefficient (Wildman–Crippen LogP) is 2.57. The lowest BCUT2D eigenvalue weighted by atomic mass is 9.96. The molecule has 1 atom stereocenters. The number of amides is 1. The van der Waals surface area contributed by atoms with E-state index in [1.54, 1.807) is 42.7 Å². The van der Waals surface area contributed by atoms with Crippen molar-refractivity contribution < 1.29 is 24.2 Å². The molecular formula is C23H25N3O5. The van der Waals surface area contributed by atoms with Crippen LogP contribution in [-0.4, -0.2) is 64.6 Å². The predicted molar refractivity (Wildman–Crippen MR) is 114 cm³/mol. The van der Waals surface area contributed by atoms with Crippen molar-refractivity contribution in [3.8, 4) is 11.5 Å². The van der Waals surface area contributed by atoms with Crippen molar-refractivity contribution in [3.63, 3.8) is 0 Å². The van der Waals surface area contributed by atoms with Crippen LogP contribution >= 0.6 is 0 Å². The number of carbonyl (C=O) groups excluding carboxylic acids is 2. The van der Waals surface area contributed by atoms with E-state index in [0.717, 1.165) is 18.7 Å². The van der Waals surface area contributed by atoms with E-state index < -0.39 is 17.7 Å². The number of fused-ring (bicyclic) bond motifs is 1. The van der Waals surface area contributed by atoms with Gasteiger partial charge in [0.1, 0.15) is 5.76 Å². The molecule has 0 spiro atoms. The van der Waals surface area contributed by atoms with E-state index in [4.69, 9.17) is 9.47 Å². The number of likely N-dealkylation sites (tertiary alicyclic amines) is 1. The maximum Gasteiger partial charge on any atom is 0.295 e. The Morgan fingerprint density at radius 2 is 1.84 bits per heavy atom. The first-order valence-corrected chi connectivity index (χ1v) is 10.4. The molecule has 2 aromatic rings. The first-order valence-electron chi connectivity index (χ1n) is 10.4. The number of ether oxygens (including phenoxy) is 2. The molecule has 1 unspecified atom stereocenters. The van der Waals surface area contributed by atoms with Crippen molar-refractivity contribution >= 4 is 17.4 Å². The summed E-state index contributed by atoms with van der Waals surface area (Å²) in [7, 11) is 0. The topological polar surface area (TPSA) is 92.2 Å². The summed E-state index contributed by atoms with van der Waals surface area (Å²) in [6.07, 6.45) is 3.22. The zero-order chi connectivity index (χ0) is 22.0. The van der Waals surface area contributed by atoms with Gasteiger partial charge in [0.15, 0.2) is 11.5 Å². The molecule has 1 saturated heterocycles. The van der Waals surface area contributed by atoms with Crippen LogP contribution < -0.4 is 9.47 Å². The van der Waals surface area contributed by atoms with Gasteiger partial charge in [-0.25, -0.2) is 0 Å². The number of likely N-dealkylation sites (N-methyl/N-ethyl adjacent to an activating group) is 1. The molecule has 8 heteroatoms. The number of Topliss-reactive ketones (excluding diaryl/α,β-unsaturated/α-hetero) is 1. The molecule has 8 nitrogen and oxygen atoms in total. The van der Waals surface area contributed by atoms with Gasteiger partial charge in [-0.15, -0.1) is 0 Å². The van der Waals surface area contributed by atoms with Crippen LogP contribution in [-0.2, 0) is 9.59 Å². The third-order valence-corrected chi connectivity index (χ3v) is 5.76. The van der Waals surface area contributed by atoms with Gasteiger partial charge in [-0.05, 0) is 49.0 Å². The lowest BCUT2D eigenvalue weighted by Crippen LogP contribution is -2.38. The minimum Gasteiger partial charge on any atom is -0.507 e. The van der Waals surface area contributed by atoms with E-state index in [1.807, 2.05) is 0 Å². The number of aliphatic hydroxyl groups excluding tert-OH is 1. The molecule has 2 aliphatic rings. The first-order chi connectivity index (χ1) is 15.0. The molecule has 4 rings (SSSR count). The molecule has 0 saturated carbocycles. The molecule has 2 aliphatic heterocycles. The third-order valence-electron chi connectivity index (χ3n) is 5.76. The summed E-state index contributed by atoms with van der Waals surface area (Å²) in [4.78, 5) is 33.8. The molecule has 1 aromatic carbocycles. The van der Waals surface area contributed by atoms with Crippen LogP contribution in [0.1, 0.15) is 31.0 Å². The molecular weight excluding hydrogens is 398 g/mol. The molecule has 0 bridgehead atoms. The second-order valence-electron chi connectivity index (χ2n) is 7.37. The number of nitrogens with zero attached hydrogens (tertiary/aromatic N) is 3. The standard InChI is InChI=1S/C23H25N3O5/c1-3-25(4-2)11-12-26-20(15-7-9-24-10-8-15)19(22(28)23(26)29)21(27)16-5-6-17-18(13-16)31-14-30-17/h5-10,13,20,27H,3-4,11-12,14H2,1-2H3. The molecule has 0 radical (unpaired) electrons. The number of carbonyl (C=O) groups is 2. The molecule has 1 N–H and O–H groups in total. The largest absolute Gasteiger partial charge is 0.507 e. The average Bonchev–Trinajstić information content (AvgIpc) is 3.37. The minimum atomic E-state index is -0.698. The molecule has 3 heterocycles. The molecule has 1 amide bonds. The summed E-state index contributed by atoms with van der Waals surface area (Å²) in [6, 6.07) is 7.77. The highest BCUT2D eigenvalue weighted by molar-refractivity contribution is 6.46. The van der Waals surface area contributed by atoms with E-state index in [0.29, 0.717) is 30.2 Å². The van der Waals surface area contributed by atoms with Crippen LogP contribution in [0.5, 0.6) is 11.5 Å². The average molecular weight is 423 g/mol. The van der Waals surface area contributed by atoms with Gasteiger partial charge in [-0.1, -0.05) is 13.8 Å². The minimum absolute atomic E-state index is 0.0645. The number of ketones is 1. The Labute approximate surface area is 180 Å². The number of aromatic nitrogens is 1. The number of hydrogen-bond donors (Lipinski definition) is 1. The molecule has 1 aromatic heterocycles. The fraction of sp³-hybridized carbons (Fsp3) is 0.348. The van der Waals surface area contributed by atoms with Crippen LogP contribution in [0.2, 0.25) is 0 Å². The van der Waals surface area contributed by atoms with Gasteiger partial charge in [-0.2, -0.15) is 0 Å². The van der Waals surface area contributed by atoms with Crippen molar-refractivity contribution in [2.24, 2.45) is 0 Å². The summed E-state index contributed by atoms with van der Waals surface area (Å²) >= 11 is 0. The Kier molecular flexibility index (Phi) is 5.90. The van der Waals surface area contributed by atoms with Gasteiger partial charge in [0.05, 0.1) is 11.6 Å². The summed E-state index contributed by atoms with van der Waals surface area (Å²) in [6.45, 7) is 6.90. The SMILES string of the molecule is CCN(CC)CCN1C(=O)C(=O)C(=C(O)c2ccc3c(c2)OCO3)C1c1ccncc1.